The number of fused-ring (bicyclic) bond motifs is 3. The third-order valence-electron chi connectivity index (χ3n) is 11.4. The Bertz CT molecular complexity index is 2040. The van der Waals surface area contributed by atoms with Crippen LogP contribution in [0.2, 0.25) is 5.02 Å². The van der Waals surface area contributed by atoms with E-state index in [9.17, 15) is 13.8 Å². The number of Topliss-reactive ketones (excluding diaryl/α,β-unsaturated/α-hetero) is 1. The number of amides is 1. The van der Waals surface area contributed by atoms with Crippen molar-refractivity contribution in [2.24, 2.45) is 29.2 Å². The molecule has 1 aliphatic heterocycles. The quantitative estimate of drug-likeness (QED) is 0.120. The third kappa shape index (κ3) is 8.48. The molecule has 1 saturated carbocycles. The van der Waals surface area contributed by atoms with Gasteiger partial charge in [0, 0.05) is 55.2 Å². The number of aryl methyl sites for hydroxylation is 2. The number of benzene rings is 2. The number of hydrogen-bond donors (Lipinski definition) is 0. The fourth-order valence-electron chi connectivity index (χ4n) is 8.54. The Labute approximate surface area is 325 Å². The molecule has 2 aromatic carbocycles. The molecular weight excluding hydrogens is 724 g/mol. The maximum absolute atomic E-state index is 14.7. The van der Waals surface area contributed by atoms with E-state index in [1.807, 2.05) is 50.3 Å². The van der Waals surface area contributed by atoms with Gasteiger partial charge in [0.05, 0.1) is 41.0 Å². The minimum atomic E-state index is -3.35. The van der Waals surface area contributed by atoms with Gasteiger partial charge in [0.25, 0.3) is 5.91 Å². The first-order valence-electron chi connectivity index (χ1n) is 18.9. The van der Waals surface area contributed by atoms with E-state index in [1.54, 1.807) is 20.2 Å². The van der Waals surface area contributed by atoms with Gasteiger partial charge in [-0.3, -0.25) is 14.3 Å². The number of aromatic nitrogens is 2. The first-order valence-corrected chi connectivity index (χ1v) is 21.1. The summed E-state index contributed by atoms with van der Waals surface area (Å²) in [5, 5.41) is 4.92. The molecule has 1 aromatic heterocycles. The molecule has 0 bridgehead atoms. The van der Waals surface area contributed by atoms with Crippen molar-refractivity contribution in [2.75, 3.05) is 50.3 Å². The summed E-state index contributed by atoms with van der Waals surface area (Å²) >= 11 is 6.47. The van der Waals surface area contributed by atoms with E-state index in [2.05, 4.69) is 33.1 Å². The smallest absolute Gasteiger partial charge is 0.285 e. The number of hydrogen-bond acceptors (Lipinski definition) is 8. The SMILES string of the molecule is C=C[C@H](OC)[C@@H]1CC[C@H]1CN1C[C@@]2(CCCc3cc(Cl)ccc32)COc2ccc(C(=O)N=[S@](=O)(CC(=O)c3cn(C)nc3OC)C[C@@H](C)C/C=C\C)cc21. The zero-order chi connectivity index (χ0) is 38.6. The monoisotopic (exact) mass is 776 g/mol. The van der Waals surface area contributed by atoms with Crippen molar-refractivity contribution >= 4 is 38.7 Å². The zero-order valence-electron chi connectivity index (χ0n) is 32.1. The number of nitrogens with zero attached hydrogens (tertiary/aromatic N) is 4. The topological polar surface area (TPSA) is 112 Å². The fourth-order valence-corrected chi connectivity index (χ4v) is 11.0. The summed E-state index contributed by atoms with van der Waals surface area (Å²) in [6.45, 7) is 9.83. The van der Waals surface area contributed by atoms with Gasteiger partial charge >= 0.3 is 0 Å². The molecule has 6 rings (SSSR count). The Morgan fingerprint density at radius 1 is 1.22 bits per heavy atom. The molecule has 6 atom stereocenters. The molecule has 0 radical (unpaired) electrons. The summed E-state index contributed by atoms with van der Waals surface area (Å²) in [7, 11) is 1.50. The van der Waals surface area contributed by atoms with Gasteiger partial charge in [-0.2, -0.15) is 4.36 Å². The number of rotatable bonds is 14. The average Bonchev–Trinajstić information content (AvgIpc) is 3.46. The molecule has 0 unspecified atom stereocenters. The van der Waals surface area contributed by atoms with Crippen molar-refractivity contribution < 1.29 is 28.0 Å². The van der Waals surface area contributed by atoms with Crippen molar-refractivity contribution in [1.82, 2.24) is 9.78 Å². The number of ether oxygens (including phenoxy) is 3. The number of anilines is 1. The molecule has 12 heteroatoms. The van der Waals surface area contributed by atoms with E-state index in [1.165, 1.54) is 29.1 Å². The number of halogens is 1. The Hall–Kier alpha value is -3.93. The van der Waals surface area contributed by atoms with Crippen LogP contribution in [0.5, 0.6) is 11.6 Å². The van der Waals surface area contributed by atoms with Crippen LogP contribution in [0.4, 0.5) is 5.69 Å². The Kier molecular flexibility index (Phi) is 12.4. The van der Waals surface area contributed by atoms with E-state index in [0.717, 1.165) is 49.4 Å². The normalized spacial score (nSPS) is 22.9. The lowest BCUT2D eigenvalue weighted by atomic mass is 9.68. The van der Waals surface area contributed by atoms with Gasteiger partial charge in [0.15, 0.2) is 5.78 Å². The Morgan fingerprint density at radius 2 is 2.04 bits per heavy atom. The van der Waals surface area contributed by atoms with E-state index in [0.29, 0.717) is 42.7 Å². The molecule has 1 spiro atoms. The van der Waals surface area contributed by atoms with Gasteiger partial charge in [0.2, 0.25) is 5.88 Å². The van der Waals surface area contributed by atoms with E-state index < -0.39 is 27.2 Å². The number of methoxy groups -OCH3 is 2. The molecule has 10 nitrogen and oxygen atoms in total. The number of carbonyl (C=O) groups is 2. The molecule has 0 N–H and O–H groups in total. The van der Waals surface area contributed by atoms with Crippen LogP contribution in [0.1, 0.15) is 77.8 Å². The summed E-state index contributed by atoms with van der Waals surface area (Å²) in [6, 6.07) is 11.6. The standard InChI is InChI=1S/C42H53ClN4O6S/c1-7-9-11-28(3)24-54(50,25-37(48)34-23-46(4)44-41(34)52-6)45-40(49)30-14-18-39-36(21-30)47(22-31-13-16-33(31)38(8-2)51-5)26-42(27-53-39)19-10-12-29-20-32(43)15-17-35(29)42/h7-9,14-15,17-18,20-21,23,28,31,33,38H,2,10-13,16,19,22,24-27H2,1,3-6H3/b9-7-/t28-,31-,33+,38-,42-,54+/m0/s1. The lowest BCUT2D eigenvalue weighted by Crippen LogP contribution is -2.49. The van der Waals surface area contributed by atoms with E-state index in [4.69, 9.17) is 25.8 Å². The number of allylic oxidation sites excluding steroid dienone is 2. The first-order chi connectivity index (χ1) is 25.9. The van der Waals surface area contributed by atoms with Crippen molar-refractivity contribution in [3.8, 4) is 11.6 Å². The molecular formula is C42H53ClN4O6S. The van der Waals surface area contributed by atoms with Crippen molar-refractivity contribution in [3.05, 3.63) is 94.7 Å². The van der Waals surface area contributed by atoms with Gasteiger partial charge < -0.3 is 19.1 Å². The highest BCUT2D eigenvalue weighted by Gasteiger charge is 2.44. The minimum absolute atomic E-state index is 0.0395. The van der Waals surface area contributed by atoms with Gasteiger partial charge in [-0.15, -0.1) is 11.7 Å². The summed E-state index contributed by atoms with van der Waals surface area (Å²) in [5.74, 6) is 0.00313. The van der Waals surface area contributed by atoms with Crippen LogP contribution in [-0.2, 0) is 33.3 Å². The largest absolute Gasteiger partial charge is 0.490 e. The molecule has 2 aliphatic carbocycles. The van der Waals surface area contributed by atoms with Crippen LogP contribution < -0.4 is 14.4 Å². The van der Waals surface area contributed by atoms with Crippen LogP contribution in [0.3, 0.4) is 0 Å². The molecule has 290 valence electrons. The summed E-state index contributed by atoms with van der Waals surface area (Å²) in [5.41, 5.74) is 3.53. The predicted molar refractivity (Wildman–Crippen MR) is 215 cm³/mol. The lowest BCUT2D eigenvalue weighted by molar-refractivity contribution is 0.0135. The highest BCUT2D eigenvalue weighted by molar-refractivity contribution is 7.94. The maximum Gasteiger partial charge on any atom is 0.285 e. The van der Waals surface area contributed by atoms with E-state index in [-0.39, 0.29) is 34.6 Å². The second-order valence-electron chi connectivity index (χ2n) is 15.3. The summed E-state index contributed by atoms with van der Waals surface area (Å²) in [4.78, 5) is 30.2. The highest BCUT2D eigenvalue weighted by Crippen LogP contribution is 2.47. The maximum atomic E-state index is 14.7. The fraction of sp³-hybridized carbons (Fsp3) is 0.500. The molecule has 1 amide bonds. The second-order valence-corrected chi connectivity index (χ2v) is 18.0. The van der Waals surface area contributed by atoms with Crippen LogP contribution in [0, 0.1) is 17.8 Å². The molecule has 3 aliphatic rings. The van der Waals surface area contributed by atoms with Crippen LogP contribution in [0.25, 0.3) is 0 Å². The van der Waals surface area contributed by atoms with Crippen LogP contribution in [0.15, 0.2) is 71.8 Å². The third-order valence-corrected chi connectivity index (χ3v) is 13.9. The first kappa shape index (κ1) is 39.8. The summed E-state index contributed by atoms with van der Waals surface area (Å²) in [6.07, 6.45) is 13.0. The molecule has 3 aromatic rings. The van der Waals surface area contributed by atoms with Crippen LogP contribution in [-0.4, -0.2) is 77.2 Å². The minimum Gasteiger partial charge on any atom is -0.490 e. The van der Waals surface area contributed by atoms with Crippen LogP contribution >= 0.6 is 11.6 Å². The second kappa shape index (κ2) is 16.8. The lowest BCUT2D eigenvalue weighted by Gasteiger charge is -2.46. The highest BCUT2D eigenvalue weighted by atomic mass is 35.5. The molecule has 54 heavy (non-hydrogen) atoms. The van der Waals surface area contributed by atoms with Crippen molar-refractivity contribution in [3.63, 3.8) is 0 Å². The van der Waals surface area contributed by atoms with E-state index >= 15 is 0 Å². The summed E-state index contributed by atoms with van der Waals surface area (Å²) < 4.78 is 38.3. The number of ketones is 1. The van der Waals surface area contributed by atoms with Crippen molar-refractivity contribution in [1.29, 1.82) is 0 Å². The van der Waals surface area contributed by atoms with Gasteiger partial charge in [-0.25, -0.2) is 4.21 Å². The van der Waals surface area contributed by atoms with Crippen molar-refractivity contribution in [2.45, 2.75) is 63.9 Å². The van der Waals surface area contributed by atoms with Gasteiger partial charge in [-0.05, 0) is 105 Å². The Morgan fingerprint density at radius 3 is 2.74 bits per heavy atom. The zero-order valence-corrected chi connectivity index (χ0v) is 33.7. The number of carbonyl (C=O) groups excluding carboxylic acids is 2. The predicted octanol–water partition coefficient (Wildman–Crippen LogP) is 7.88. The molecule has 0 saturated heterocycles. The molecule has 2 heterocycles. The average molecular weight is 777 g/mol. The Balaban J connectivity index is 1.37. The van der Waals surface area contributed by atoms with Gasteiger partial charge in [0.1, 0.15) is 11.3 Å². The molecule has 1 fully saturated rings. The van der Waals surface area contributed by atoms with Gasteiger partial charge in [-0.1, -0.05) is 42.8 Å².